The smallest absolute Gasteiger partial charge is 0.00926 e. The van der Waals surface area contributed by atoms with E-state index in [0.717, 1.165) is 0 Å². The van der Waals surface area contributed by atoms with Crippen molar-refractivity contribution < 1.29 is 0 Å². The summed E-state index contributed by atoms with van der Waals surface area (Å²) in [4.78, 5) is 0. The molecule has 0 spiro atoms. The van der Waals surface area contributed by atoms with Gasteiger partial charge in [-0.05, 0) is 122 Å². The molecule has 0 bridgehead atoms. The summed E-state index contributed by atoms with van der Waals surface area (Å²) in [7, 11) is 0. The molecule has 0 radical (unpaired) electrons. The zero-order valence-corrected chi connectivity index (χ0v) is 26.3. The molecule has 10 aromatic rings. The third-order valence-electron chi connectivity index (χ3n) is 10.2. The van der Waals surface area contributed by atoms with Crippen molar-refractivity contribution in [3.8, 4) is 33.4 Å². The van der Waals surface area contributed by atoms with Crippen molar-refractivity contribution in [2.45, 2.75) is 0 Å². The Morgan fingerprint density at radius 2 is 0.521 bits per heavy atom. The Hall–Kier alpha value is -6.24. The average Bonchev–Trinajstić information content (AvgIpc) is 3.17. The maximum atomic E-state index is 2.45. The van der Waals surface area contributed by atoms with Crippen LogP contribution in [0.1, 0.15) is 0 Å². The minimum absolute atomic E-state index is 1.22. The summed E-state index contributed by atoms with van der Waals surface area (Å²) in [6, 6.07) is 67.3. The Morgan fingerprint density at radius 3 is 0.979 bits per heavy atom. The maximum absolute atomic E-state index is 2.45. The van der Waals surface area contributed by atoms with Crippen LogP contribution in [0.15, 0.2) is 182 Å². The first-order valence-corrected chi connectivity index (χ1v) is 16.7. The van der Waals surface area contributed by atoms with Crippen LogP contribution >= 0.6 is 0 Å². The van der Waals surface area contributed by atoms with Gasteiger partial charge in [-0.25, -0.2) is 0 Å². The van der Waals surface area contributed by atoms with Gasteiger partial charge in [0, 0.05) is 0 Å². The predicted molar refractivity (Wildman–Crippen MR) is 208 cm³/mol. The monoisotopic (exact) mass is 606 g/mol. The molecule has 0 unspecified atom stereocenters. The van der Waals surface area contributed by atoms with Crippen molar-refractivity contribution in [2.24, 2.45) is 0 Å². The van der Waals surface area contributed by atoms with Crippen molar-refractivity contribution >= 4 is 64.6 Å². The van der Waals surface area contributed by atoms with Crippen LogP contribution in [0.25, 0.3) is 98.0 Å². The van der Waals surface area contributed by atoms with Gasteiger partial charge in [-0.3, -0.25) is 0 Å². The molecule has 0 saturated carbocycles. The van der Waals surface area contributed by atoms with Crippen LogP contribution in [0.3, 0.4) is 0 Å². The van der Waals surface area contributed by atoms with Gasteiger partial charge in [-0.15, -0.1) is 0 Å². The molecule has 0 fully saturated rings. The first kappa shape index (κ1) is 26.9. The van der Waals surface area contributed by atoms with Gasteiger partial charge < -0.3 is 0 Å². The van der Waals surface area contributed by atoms with E-state index in [1.54, 1.807) is 0 Å². The molecule has 10 rings (SSSR count). The van der Waals surface area contributed by atoms with E-state index < -0.39 is 0 Å². The molecule has 0 aliphatic heterocycles. The van der Waals surface area contributed by atoms with E-state index in [4.69, 9.17) is 0 Å². The van der Waals surface area contributed by atoms with Gasteiger partial charge in [0.2, 0.25) is 0 Å². The van der Waals surface area contributed by atoms with Crippen LogP contribution < -0.4 is 0 Å². The summed E-state index contributed by atoms with van der Waals surface area (Å²) in [5.41, 5.74) is 7.47. The molecule has 222 valence electrons. The van der Waals surface area contributed by atoms with Gasteiger partial charge in [0.1, 0.15) is 0 Å². The van der Waals surface area contributed by atoms with Crippen molar-refractivity contribution in [3.05, 3.63) is 182 Å². The van der Waals surface area contributed by atoms with E-state index in [0.29, 0.717) is 0 Å². The molecule has 0 amide bonds. The average molecular weight is 607 g/mol. The van der Waals surface area contributed by atoms with Crippen molar-refractivity contribution in [1.29, 1.82) is 0 Å². The highest BCUT2D eigenvalue weighted by Crippen LogP contribution is 2.45. The number of fused-ring (bicyclic) bond motifs is 9. The first-order chi connectivity index (χ1) is 23.8. The Morgan fingerprint density at radius 1 is 0.188 bits per heavy atom. The van der Waals surface area contributed by atoms with Crippen LogP contribution in [-0.2, 0) is 0 Å². The summed E-state index contributed by atoms with van der Waals surface area (Å²) >= 11 is 0. The highest BCUT2D eigenvalue weighted by atomic mass is 14.2. The van der Waals surface area contributed by atoms with Crippen LogP contribution in [0.4, 0.5) is 0 Å². The molecule has 0 heteroatoms. The van der Waals surface area contributed by atoms with Crippen LogP contribution in [-0.4, -0.2) is 0 Å². The molecule has 10 aromatic carbocycles. The van der Waals surface area contributed by atoms with Gasteiger partial charge in [0.15, 0.2) is 0 Å². The van der Waals surface area contributed by atoms with Crippen molar-refractivity contribution in [1.82, 2.24) is 0 Å². The quantitative estimate of drug-likeness (QED) is 0.176. The van der Waals surface area contributed by atoms with Gasteiger partial charge in [0.25, 0.3) is 0 Å². The standard InChI is InChI=1S/C48H30/c1-4-16-35-31(13-1)27-45(41-22-10-7-19-38(35)41)34-25-26-44(46-28-32-14-2-5-17-36(32)39-20-8-11-23-42(39)46)48(30-34)47-29-33-15-3-6-18-37(33)40-21-9-12-24-43(40)47/h1-30H. The van der Waals surface area contributed by atoms with E-state index in [-0.39, 0.29) is 0 Å². The Labute approximate surface area is 279 Å². The van der Waals surface area contributed by atoms with E-state index in [1.165, 1.54) is 98.0 Å². The lowest BCUT2D eigenvalue weighted by atomic mass is 9.84. The lowest BCUT2D eigenvalue weighted by Crippen LogP contribution is -1.92. The minimum atomic E-state index is 1.22. The van der Waals surface area contributed by atoms with E-state index in [9.17, 15) is 0 Å². The topological polar surface area (TPSA) is 0 Å². The maximum Gasteiger partial charge on any atom is -0.00926 e. The summed E-state index contributed by atoms with van der Waals surface area (Å²) in [5.74, 6) is 0. The minimum Gasteiger partial charge on any atom is -0.0616 e. The molecule has 0 aromatic heterocycles. The summed E-state index contributed by atoms with van der Waals surface area (Å²) in [5, 5.41) is 15.3. The normalized spacial score (nSPS) is 11.8. The Kier molecular flexibility index (Phi) is 5.98. The van der Waals surface area contributed by atoms with E-state index in [2.05, 4.69) is 182 Å². The largest absolute Gasteiger partial charge is 0.0616 e. The molecule has 0 heterocycles. The molecule has 0 aliphatic carbocycles. The molecule has 0 saturated heterocycles. The molecule has 0 atom stereocenters. The van der Waals surface area contributed by atoms with Crippen molar-refractivity contribution in [2.75, 3.05) is 0 Å². The predicted octanol–water partition coefficient (Wildman–Crippen LogP) is 13.6. The van der Waals surface area contributed by atoms with Gasteiger partial charge in [0.05, 0.1) is 0 Å². The number of rotatable bonds is 3. The third-order valence-corrected chi connectivity index (χ3v) is 10.2. The molecular formula is C48H30. The summed E-state index contributed by atoms with van der Waals surface area (Å²) in [6.45, 7) is 0. The molecule has 0 N–H and O–H groups in total. The fourth-order valence-corrected chi connectivity index (χ4v) is 8.02. The van der Waals surface area contributed by atoms with Gasteiger partial charge in [-0.1, -0.05) is 158 Å². The van der Waals surface area contributed by atoms with Gasteiger partial charge >= 0.3 is 0 Å². The zero-order valence-electron chi connectivity index (χ0n) is 26.3. The van der Waals surface area contributed by atoms with Crippen LogP contribution in [0.5, 0.6) is 0 Å². The van der Waals surface area contributed by atoms with Crippen LogP contribution in [0.2, 0.25) is 0 Å². The Bertz CT molecular complexity index is 2890. The second kappa shape index (κ2) is 10.7. The van der Waals surface area contributed by atoms with Gasteiger partial charge in [-0.2, -0.15) is 0 Å². The first-order valence-electron chi connectivity index (χ1n) is 16.7. The fourth-order valence-electron chi connectivity index (χ4n) is 8.02. The number of benzene rings is 10. The Balaban J connectivity index is 1.35. The zero-order chi connectivity index (χ0) is 31.6. The highest BCUT2D eigenvalue weighted by molar-refractivity contribution is 6.19. The molecule has 0 aliphatic rings. The van der Waals surface area contributed by atoms with E-state index in [1.807, 2.05) is 0 Å². The molecule has 48 heavy (non-hydrogen) atoms. The van der Waals surface area contributed by atoms with Crippen LogP contribution in [0, 0.1) is 0 Å². The van der Waals surface area contributed by atoms with E-state index >= 15 is 0 Å². The number of hydrogen-bond acceptors (Lipinski definition) is 0. The summed E-state index contributed by atoms with van der Waals surface area (Å²) < 4.78 is 0. The summed E-state index contributed by atoms with van der Waals surface area (Å²) in [6.07, 6.45) is 0. The highest BCUT2D eigenvalue weighted by Gasteiger charge is 2.18. The SMILES string of the molecule is c1ccc2c(c1)cc(-c1ccc(-c3cc4ccccc4c4ccccc34)c(-c3cc4ccccc4c4ccccc34)c1)c1ccccc12. The van der Waals surface area contributed by atoms with Crippen molar-refractivity contribution in [3.63, 3.8) is 0 Å². The molecular weight excluding hydrogens is 577 g/mol. The second-order valence-electron chi connectivity index (χ2n) is 12.8. The lowest BCUT2D eigenvalue weighted by Gasteiger charge is -2.19. The molecule has 0 nitrogen and oxygen atoms in total. The lowest BCUT2D eigenvalue weighted by molar-refractivity contribution is 1.62. The fraction of sp³-hybridized carbons (Fsp3) is 0. The number of hydrogen-bond donors (Lipinski definition) is 0. The third kappa shape index (κ3) is 4.10. The second-order valence-corrected chi connectivity index (χ2v) is 12.8.